The van der Waals surface area contributed by atoms with Gasteiger partial charge in [0.25, 0.3) is 0 Å². The molecule has 0 atom stereocenters. The molecule has 0 radical (unpaired) electrons. The van der Waals surface area contributed by atoms with Crippen molar-refractivity contribution in [1.29, 1.82) is 0 Å². The largest absolute Gasteiger partial charge is 0.335 e. The predicted octanol–water partition coefficient (Wildman–Crippen LogP) is 2.87. The first kappa shape index (κ1) is 11.2. The van der Waals surface area contributed by atoms with Crippen molar-refractivity contribution in [3.63, 3.8) is 0 Å². The molecule has 0 amide bonds. The van der Waals surface area contributed by atoms with Gasteiger partial charge in [-0.15, -0.1) is 0 Å². The molecule has 0 unspecified atom stereocenters. The molecular weight excluding hydrogens is 148 g/mol. The van der Waals surface area contributed by atoms with E-state index in [9.17, 15) is 0 Å². The molecule has 2 heteroatoms. The molecule has 0 saturated heterocycles. The van der Waals surface area contributed by atoms with E-state index in [0.717, 1.165) is 6.54 Å². The van der Waals surface area contributed by atoms with Crippen LogP contribution in [0.1, 0.15) is 33.4 Å². The first-order valence-corrected chi connectivity index (χ1v) is 4.67. The Bertz CT molecular complexity index is 201. The first-order chi connectivity index (χ1) is 5.70. The SMILES string of the molecule is CC.Cc1cncn1CC(C)C. The molecule has 0 saturated carbocycles. The molecule has 0 N–H and O–H groups in total. The van der Waals surface area contributed by atoms with Crippen LogP contribution >= 0.6 is 0 Å². The maximum atomic E-state index is 4.04. The smallest absolute Gasteiger partial charge is 0.0948 e. The molecule has 0 aliphatic carbocycles. The molecular formula is C10H20N2. The van der Waals surface area contributed by atoms with Crippen molar-refractivity contribution in [3.8, 4) is 0 Å². The van der Waals surface area contributed by atoms with Crippen molar-refractivity contribution in [2.24, 2.45) is 5.92 Å². The summed E-state index contributed by atoms with van der Waals surface area (Å²) in [5.41, 5.74) is 1.24. The van der Waals surface area contributed by atoms with Gasteiger partial charge in [-0.05, 0) is 12.8 Å². The van der Waals surface area contributed by atoms with Gasteiger partial charge in [-0.1, -0.05) is 27.7 Å². The van der Waals surface area contributed by atoms with Crippen LogP contribution in [-0.2, 0) is 6.54 Å². The van der Waals surface area contributed by atoms with Crippen LogP contribution in [0.3, 0.4) is 0 Å². The van der Waals surface area contributed by atoms with E-state index in [1.54, 1.807) is 0 Å². The lowest BCUT2D eigenvalue weighted by Crippen LogP contribution is -2.04. The highest BCUT2D eigenvalue weighted by molar-refractivity contribution is 4.93. The third kappa shape index (κ3) is 3.56. The second-order valence-electron chi connectivity index (χ2n) is 3.08. The van der Waals surface area contributed by atoms with Crippen LogP contribution in [0.25, 0.3) is 0 Å². The minimum Gasteiger partial charge on any atom is -0.335 e. The van der Waals surface area contributed by atoms with E-state index in [1.165, 1.54) is 5.69 Å². The van der Waals surface area contributed by atoms with Gasteiger partial charge in [0.15, 0.2) is 0 Å². The van der Waals surface area contributed by atoms with Crippen molar-refractivity contribution >= 4 is 0 Å². The molecule has 0 bridgehead atoms. The second kappa shape index (κ2) is 5.81. The number of imidazole rings is 1. The number of hydrogen-bond donors (Lipinski definition) is 0. The molecule has 1 aromatic rings. The molecule has 0 aromatic carbocycles. The number of rotatable bonds is 2. The maximum absolute atomic E-state index is 4.04. The van der Waals surface area contributed by atoms with Crippen LogP contribution < -0.4 is 0 Å². The monoisotopic (exact) mass is 168 g/mol. The Balaban J connectivity index is 0.000000561. The van der Waals surface area contributed by atoms with Gasteiger partial charge in [0.1, 0.15) is 0 Å². The van der Waals surface area contributed by atoms with Crippen LogP contribution in [0.2, 0.25) is 0 Å². The number of aryl methyl sites for hydroxylation is 1. The number of hydrogen-bond acceptors (Lipinski definition) is 1. The Morgan fingerprint density at radius 1 is 1.42 bits per heavy atom. The summed E-state index contributed by atoms with van der Waals surface area (Å²) < 4.78 is 2.17. The van der Waals surface area contributed by atoms with Crippen molar-refractivity contribution in [2.45, 2.75) is 41.2 Å². The van der Waals surface area contributed by atoms with Gasteiger partial charge in [-0.2, -0.15) is 0 Å². The number of nitrogens with zero attached hydrogens (tertiary/aromatic N) is 2. The highest BCUT2D eigenvalue weighted by Gasteiger charge is 1.97. The van der Waals surface area contributed by atoms with Gasteiger partial charge in [0.05, 0.1) is 6.33 Å². The summed E-state index contributed by atoms with van der Waals surface area (Å²) >= 11 is 0. The summed E-state index contributed by atoms with van der Waals surface area (Å²) in [5.74, 6) is 0.702. The molecule has 1 rings (SSSR count). The van der Waals surface area contributed by atoms with Crippen molar-refractivity contribution < 1.29 is 0 Å². The number of aromatic nitrogens is 2. The fourth-order valence-electron chi connectivity index (χ4n) is 0.971. The van der Waals surface area contributed by atoms with E-state index in [2.05, 4.69) is 30.3 Å². The van der Waals surface area contributed by atoms with Crippen LogP contribution in [0.4, 0.5) is 0 Å². The Hall–Kier alpha value is -0.790. The zero-order chi connectivity index (χ0) is 9.56. The highest BCUT2D eigenvalue weighted by atomic mass is 15.0. The molecule has 1 aromatic heterocycles. The molecule has 12 heavy (non-hydrogen) atoms. The molecule has 0 aliphatic rings. The summed E-state index contributed by atoms with van der Waals surface area (Å²) in [4.78, 5) is 4.04. The molecule has 0 spiro atoms. The Labute approximate surface area is 75.6 Å². The van der Waals surface area contributed by atoms with Crippen LogP contribution in [0.15, 0.2) is 12.5 Å². The van der Waals surface area contributed by atoms with E-state index in [-0.39, 0.29) is 0 Å². The highest BCUT2D eigenvalue weighted by Crippen LogP contribution is 2.01. The van der Waals surface area contributed by atoms with Gasteiger partial charge >= 0.3 is 0 Å². The standard InChI is InChI=1S/C8H14N2.C2H6/c1-7(2)5-10-6-9-4-8(10)3;1-2/h4,6-7H,5H2,1-3H3;1-2H3. The molecule has 1 heterocycles. The fraction of sp³-hybridized carbons (Fsp3) is 0.700. The van der Waals surface area contributed by atoms with E-state index >= 15 is 0 Å². The van der Waals surface area contributed by atoms with Crippen LogP contribution in [-0.4, -0.2) is 9.55 Å². The fourth-order valence-corrected chi connectivity index (χ4v) is 0.971. The average molecular weight is 168 g/mol. The van der Waals surface area contributed by atoms with Crippen molar-refractivity contribution in [1.82, 2.24) is 9.55 Å². The van der Waals surface area contributed by atoms with Crippen LogP contribution in [0, 0.1) is 12.8 Å². The summed E-state index contributed by atoms with van der Waals surface area (Å²) in [6, 6.07) is 0. The predicted molar refractivity (Wildman–Crippen MR) is 53.2 cm³/mol. The molecule has 0 aliphatic heterocycles. The normalized spacial score (nSPS) is 9.50. The second-order valence-corrected chi connectivity index (χ2v) is 3.08. The molecule has 70 valence electrons. The lowest BCUT2D eigenvalue weighted by atomic mass is 10.2. The van der Waals surface area contributed by atoms with Crippen LogP contribution in [0.5, 0.6) is 0 Å². The maximum Gasteiger partial charge on any atom is 0.0948 e. The molecule has 0 fully saturated rings. The lowest BCUT2D eigenvalue weighted by molar-refractivity contribution is 0.515. The summed E-state index contributed by atoms with van der Waals surface area (Å²) in [5, 5.41) is 0. The minimum atomic E-state index is 0.702. The zero-order valence-electron chi connectivity index (χ0n) is 8.83. The Kier molecular flexibility index (Phi) is 5.43. The lowest BCUT2D eigenvalue weighted by Gasteiger charge is -2.06. The van der Waals surface area contributed by atoms with Crippen molar-refractivity contribution in [3.05, 3.63) is 18.2 Å². The van der Waals surface area contributed by atoms with Gasteiger partial charge in [-0.25, -0.2) is 4.98 Å². The molecule has 2 nitrogen and oxygen atoms in total. The third-order valence-electron chi connectivity index (χ3n) is 1.48. The van der Waals surface area contributed by atoms with Crippen molar-refractivity contribution in [2.75, 3.05) is 0 Å². The van der Waals surface area contributed by atoms with E-state index in [4.69, 9.17) is 0 Å². The van der Waals surface area contributed by atoms with Gasteiger partial charge in [0, 0.05) is 18.4 Å². The zero-order valence-corrected chi connectivity index (χ0v) is 8.83. The van der Waals surface area contributed by atoms with Gasteiger partial charge in [-0.3, -0.25) is 0 Å². The summed E-state index contributed by atoms with van der Waals surface area (Å²) in [6.45, 7) is 11.6. The average Bonchev–Trinajstić information content (AvgIpc) is 2.40. The summed E-state index contributed by atoms with van der Waals surface area (Å²) in [7, 11) is 0. The topological polar surface area (TPSA) is 17.8 Å². The van der Waals surface area contributed by atoms with Gasteiger partial charge < -0.3 is 4.57 Å². The van der Waals surface area contributed by atoms with E-state index in [1.807, 2.05) is 26.4 Å². The minimum absolute atomic E-state index is 0.702. The third-order valence-corrected chi connectivity index (χ3v) is 1.48. The summed E-state index contributed by atoms with van der Waals surface area (Å²) in [6.07, 6.45) is 3.78. The Morgan fingerprint density at radius 3 is 2.33 bits per heavy atom. The Morgan fingerprint density at radius 2 is 2.00 bits per heavy atom. The van der Waals surface area contributed by atoms with Gasteiger partial charge in [0.2, 0.25) is 0 Å². The van der Waals surface area contributed by atoms with E-state index in [0.29, 0.717) is 5.92 Å². The van der Waals surface area contributed by atoms with E-state index < -0.39 is 0 Å². The first-order valence-electron chi connectivity index (χ1n) is 4.67. The quantitative estimate of drug-likeness (QED) is 0.664.